The van der Waals surface area contributed by atoms with Gasteiger partial charge >= 0.3 is 0 Å². The highest BCUT2D eigenvalue weighted by atomic mass is 15.1. The van der Waals surface area contributed by atoms with E-state index in [1.165, 1.54) is 5.56 Å². The van der Waals surface area contributed by atoms with Crippen LogP contribution in [0.2, 0.25) is 0 Å². The summed E-state index contributed by atoms with van der Waals surface area (Å²) >= 11 is 0. The molecule has 1 aromatic carbocycles. The molecule has 0 N–H and O–H groups in total. The fraction of sp³-hybridized carbons (Fsp3) is 0.500. The van der Waals surface area contributed by atoms with Gasteiger partial charge in [-0.2, -0.15) is 5.26 Å². The molecule has 0 aliphatic heterocycles. The first-order valence-corrected chi connectivity index (χ1v) is 5.76. The van der Waals surface area contributed by atoms with Gasteiger partial charge in [-0.15, -0.1) is 0 Å². The van der Waals surface area contributed by atoms with E-state index in [-0.39, 0.29) is 0 Å². The largest absolute Gasteiger partial charge is 0.374 e. The molecule has 86 valence electrons. The van der Waals surface area contributed by atoms with E-state index >= 15 is 0 Å². The molecule has 0 amide bonds. The van der Waals surface area contributed by atoms with Crippen LogP contribution >= 0.6 is 0 Å². The van der Waals surface area contributed by atoms with Crippen LogP contribution in [0.15, 0.2) is 18.2 Å². The lowest BCUT2D eigenvalue weighted by Gasteiger charge is -2.21. The van der Waals surface area contributed by atoms with E-state index in [9.17, 15) is 0 Å². The molecule has 0 spiro atoms. The van der Waals surface area contributed by atoms with Crippen LogP contribution < -0.4 is 4.90 Å². The maximum Gasteiger partial charge on any atom is 0.101 e. The summed E-state index contributed by atoms with van der Waals surface area (Å²) in [5.74, 6) is 0.692. The van der Waals surface area contributed by atoms with E-state index in [1.807, 2.05) is 12.1 Å². The van der Waals surface area contributed by atoms with Gasteiger partial charge in [0.2, 0.25) is 0 Å². The van der Waals surface area contributed by atoms with Crippen molar-refractivity contribution in [2.75, 3.05) is 18.5 Å². The summed E-state index contributed by atoms with van der Waals surface area (Å²) in [6.45, 7) is 7.49. The van der Waals surface area contributed by atoms with Crippen LogP contribution in [0.25, 0.3) is 0 Å². The van der Waals surface area contributed by atoms with E-state index in [2.05, 4.69) is 44.9 Å². The van der Waals surface area contributed by atoms with E-state index in [4.69, 9.17) is 5.26 Å². The van der Waals surface area contributed by atoms with Gasteiger partial charge < -0.3 is 4.90 Å². The van der Waals surface area contributed by atoms with Crippen molar-refractivity contribution in [1.82, 2.24) is 0 Å². The van der Waals surface area contributed by atoms with Crippen LogP contribution in [0.5, 0.6) is 0 Å². The van der Waals surface area contributed by atoms with Gasteiger partial charge in [-0.1, -0.05) is 19.9 Å². The van der Waals surface area contributed by atoms with Gasteiger partial charge in [0.25, 0.3) is 0 Å². The average molecular weight is 216 g/mol. The molecule has 0 saturated carbocycles. The third kappa shape index (κ3) is 3.27. The first-order chi connectivity index (χ1) is 7.54. The zero-order valence-corrected chi connectivity index (χ0v) is 10.6. The molecular formula is C14H20N2. The molecule has 1 rings (SSSR count). The predicted octanol–water partition coefficient (Wildman–Crippen LogP) is 3.35. The summed E-state index contributed by atoms with van der Waals surface area (Å²) in [5.41, 5.74) is 3.01. The fourth-order valence-corrected chi connectivity index (χ4v) is 1.62. The van der Waals surface area contributed by atoms with Crippen molar-refractivity contribution in [3.8, 4) is 6.07 Å². The first-order valence-electron chi connectivity index (χ1n) is 5.76. The Morgan fingerprint density at radius 1 is 1.38 bits per heavy atom. The van der Waals surface area contributed by atoms with Crippen molar-refractivity contribution in [2.45, 2.75) is 27.2 Å². The third-order valence-corrected chi connectivity index (χ3v) is 2.73. The van der Waals surface area contributed by atoms with Crippen molar-refractivity contribution in [1.29, 1.82) is 5.26 Å². The van der Waals surface area contributed by atoms with Gasteiger partial charge in [-0.25, -0.2) is 0 Å². The zero-order valence-electron chi connectivity index (χ0n) is 10.6. The van der Waals surface area contributed by atoms with Crippen LogP contribution in [0.4, 0.5) is 5.69 Å². The SMILES string of the molecule is Cc1ccc(C#N)c(N(C)CCC(C)C)c1. The molecule has 0 heterocycles. The summed E-state index contributed by atoms with van der Waals surface area (Å²) in [7, 11) is 2.05. The highest BCUT2D eigenvalue weighted by Gasteiger charge is 2.07. The topological polar surface area (TPSA) is 27.0 Å². The van der Waals surface area contributed by atoms with Gasteiger partial charge in [-0.05, 0) is 37.0 Å². The number of hydrogen-bond donors (Lipinski definition) is 0. The van der Waals surface area contributed by atoms with E-state index in [0.717, 1.165) is 24.2 Å². The molecule has 0 atom stereocenters. The minimum Gasteiger partial charge on any atom is -0.374 e. The maximum atomic E-state index is 9.06. The lowest BCUT2D eigenvalue weighted by atomic mass is 10.1. The zero-order chi connectivity index (χ0) is 12.1. The number of nitriles is 1. The average Bonchev–Trinajstić information content (AvgIpc) is 2.25. The summed E-state index contributed by atoms with van der Waals surface area (Å²) < 4.78 is 0. The molecule has 2 nitrogen and oxygen atoms in total. The summed E-state index contributed by atoms with van der Waals surface area (Å²) in [6, 6.07) is 8.22. The van der Waals surface area contributed by atoms with Crippen molar-refractivity contribution in [2.24, 2.45) is 5.92 Å². The molecule has 0 radical (unpaired) electrons. The Kier molecular flexibility index (Phi) is 4.37. The fourth-order valence-electron chi connectivity index (χ4n) is 1.62. The molecule has 0 aromatic heterocycles. The number of benzene rings is 1. The molecule has 0 unspecified atom stereocenters. The maximum absolute atomic E-state index is 9.06. The molecular weight excluding hydrogens is 196 g/mol. The molecule has 0 fully saturated rings. The van der Waals surface area contributed by atoms with Crippen LogP contribution in [-0.2, 0) is 0 Å². The molecule has 1 aromatic rings. The Morgan fingerprint density at radius 3 is 2.62 bits per heavy atom. The Labute approximate surface area is 98.5 Å². The van der Waals surface area contributed by atoms with E-state index in [0.29, 0.717) is 5.92 Å². The predicted molar refractivity (Wildman–Crippen MR) is 68.6 cm³/mol. The third-order valence-electron chi connectivity index (χ3n) is 2.73. The van der Waals surface area contributed by atoms with Crippen LogP contribution in [0.3, 0.4) is 0 Å². The molecule has 0 bridgehead atoms. The Morgan fingerprint density at radius 2 is 2.06 bits per heavy atom. The number of hydrogen-bond acceptors (Lipinski definition) is 2. The minimum absolute atomic E-state index is 0.692. The molecule has 2 heteroatoms. The first kappa shape index (κ1) is 12.6. The molecule has 0 saturated heterocycles. The summed E-state index contributed by atoms with van der Waals surface area (Å²) in [5, 5.41) is 9.06. The minimum atomic E-state index is 0.692. The number of rotatable bonds is 4. The van der Waals surface area contributed by atoms with Crippen LogP contribution in [0, 0.1) is 24.2 Å². The van der Waals surface area contributed by atoms with E-state index < -0.39 is 0 Å². The van der Waals surface area contributed by atoms with Gasteiger partial charge in [0.15, 0.2) is 0 Å². The van der Waals surface area contributed by atoms with Gasteiger partial charge in [-0.3, -0.25) is 0 Å². The second-order valence-electron chi connectivity index (χ2n) is 4.74. The number of aryl methyl sites for hydroxylation is 1. The van der Waals surface area contributed by atoms with Gasteiger partial charge in [0, 0.05) is 13.6 Å². The second-order valence-corrected chi connectivity index (χ2v) is 4.74. The standard InChI is InChI=1S/C14H20N2/c1-11(2)7-8-16(4)14-9-12(3)5-6-13(14)10-15/h5-6,9,11H,7-8H2,1-4H3. The molecule has 0 aliphatic carbocycles. The quantitative estimate of drug-likeness (QED) is 0.771. The van der Waals surface area contributed by atoms with Crippen molar-refractivity contribution in [3.05, 3.63) is 29.3 Å². The number of nitrogens with zero attached hydrogens (tertiary/aromatic N) is 2. The Balaban J connectivity index is 2.85. The Hall–Kier alpha value is -1.49. The summed E-state index contributed by atoms with van der Waals surface area (Å²) in [6.07, 6.45) is 1.15. The van der Waals surface area contributed by atoms with Crippen LogP contribution in [-0.4, -0.2) is 13.6 Å². The number of anilines is 1. The highest BCUT2D eigenvalue weighted by molar-refractivity contribution is 5.60. The Bertz CT molecular complexity index is 388. The molecule has 0 aliphatic rings. The van der Waals surface area contributed by atoms with Crippen molar-refractivity contribution < 1.29 is 0 Å². The second kappa shape index (κ2) is 5.55. The lowest BCUT2D eigenvalue weighted by Crippen LogP contribution is -2.20. The monoisotopic (exact) mass is 216 g/mol. The van der Waals surface area contributed by atoms with Gasteiger partial charge in [0.1, 0.15) is 6.07 Å². The lowest BCUT2D eigenvalue weighted by molar-refractivity contribution is 0.585. The summed E-state index contributed by atoms with van der Waals surface area (Å²) in [4.78, 5) is 2.17. The highest BCUT2D eigenvalue weighted by Crippen LogP contribution is 2.21. The normalized spacial score (nSPS) is 10.2. The smallest absolute Gasteiger partial charge is 0.101 e. The molecule has 16 heavy (non-hydrogen) atoms. The van der Waals surface area contributed by atoms with Crippen molar-refractivity contribution in [3.63, 3.8) is 0 Å². The van der Waals surface area contributed by atoms with Crippen molar-refractivity contribution >= 4 is 5.69 Å². The van der Waals surface area contributed by atoms with Crippen LogP contribution in [0.1, 0.15) is 31.4 Å². The van der Waals surface area contributed by atoms with E-state index in [1.54, 1.807) is 0 Å². The van der Waals surface area contributed by atoms with Gasteiger partial charge in [0.05, 0.1) is 11.3 Å².